The van der Waals surface area contributed by atoms with E-state index in [2.05, 4.69) is 0 Å². The third-order valence-electron chi connectivity index (χ3n) is 5.94. The van der Waals surface area contributed by atoms with Gasteiger partial charge in [0, 0.05) is 0 Å². The minimum Gasteiger partial charge on any atom is -0.481 e. The lowest BCUT2D eigenvalue weighted by Crippen LogP contribution is -2.39. The molecule has 35 heavy (non-hydrogen) atoms. The molecule has 11 heteroatoms. The van der Waals surface area contributed by atoms with E-state index in [-0.39, 0.29) is 18.9 Å². The molecule has 1 atom stereocenters. The van der Waals surface area contributed by atoms with Gasteiger partial charge in [-0.05, 0) is 59.5 Å². The van der Waals surface area contributed by atoms with Gasteiger partial charge in [0.1, 0.15) is 0 Å². The lowest BCUT2D eigenvalue weighted by atomic mass is 10.0. The smallest absolute Gasteiger partial charge is 0.416 e. The highest BCUT2D eigenvalue weighted by molar-refractivity contribution is 7.92. The summed E-state index contributed by atoms with van der Waals surface area (Å²) in [6.45, 7) is 0.0862. The van der Waals surface area contributed by atoms with Gasteiger partial charge in [-0.1, -0.05) is 24.3 Å². The van der Waals surface area contributed by atoms with Crippen LogP contribution in [-0.2, 0) is 27.4 Å². The fourth-order valence-corrected chi connectivity index (χ4v) is 6.08. The highest BCUT2D eigenvalue weighted by Crippen LogP contribution is 2.42. The molecule has 1 N–H and O–H groups in total. The maximum atomic E-state index is 13.6. The molecule has 0 spiro atoms. The van der Waals surface area contributed by atoms with E-state index in [9.17, 15) is 31.5 Å². The number of hydrogen-bond donors (Lipinski definition) is 1. The Morgan fingerprint density at radius 3 is 2.46 bits per heavy atom. The van der Waals surface area contributed by atoms with Gasteiger partial charge < -0.3 is 14.6 Å². The van der Waals surface area contributed by atoms with E-state index in [0.29, 0.717) is 34.3 Å². The van der Waals surface area contributed by atoms with Crippen molar-refractivity contribution >= 4 is 21.7 Å². The van der Waals surface area contributed by atoms with Gasteiger partial charge in [-0.2, -0.15) is 13.2 Å². The zero-order chi connectivity index (χ0) is 25.0. The molecule has 0 bridgehead atoms. The Morgan fingerprint density at radius 1 is 1.00 bits per heavy atom. The predicted octanol–water partition coefficient (Wildman–Crippen LogP) is 4.70. The second-order valence-corrected chi connectivity index (χ2v) is 10.0. The Morgan fingerprint density at radius 2 is 1.71 bits per heavy atom. The van der Waals surface area contributed by atoms with Gasteiger partial charge in [-0.3, -0.25) is 9.10 Å². The first-order valence-electron chi connectivity index (χ1n) is 10.5. The van der Waals surface area contributed by atoms with Crippen LogP contribution in [0.25, 0.3) is 11.1 Å². The van der Waals surface area contributed by atoms with Crippen LogP contribution in [0.15, 0.2) is 65.6 Å². The molecule has 7 nitrogen and oxygen atoms in total. The third-order valence-corrected chi connectivity index (χ3v) is 7.81. The molecular formula is C24H18F3NO6S. The molecule has 3 aromatic carbocycles. The Labute approximate surface area is 198 Å². The van der Waals surface area contributed by atoms with Gasteiger partial charge in [0.25, 0.3) is 10.0 Å². The monoisotopic (exact) mass is 505 g/mol. The summed E-state index contributed by atoms with van der Waals surface area (Å²) in [4.78, 5) is 10.9. The molecule has 0 amide bonds. The van der Waals surface area contributed by atoms with Crippen LogP contribution in [-0.4, -0.2) is 32.3 Å². The molecule has 0 saturated carbocycles. The van der Waals surface area contributed by atoms with Crippen LogP contribution in [0.2, 0.25) is 0 Å². The Balaban J connectivity index is 1.61. The number of nitrogens with zero attached hydrogens (tertiary/aromatic N) is 1. The molecule has 2 aliphatic rings. The number of anilines is 1. The van der Waals surface area contributed by atoms with E-state index in [0.717, 1.165) is 22.5 Å². The number of benzene rings is 3. The SMILES string of the molecule is O=C(O)CC1Cc2ccc(-c3ccc4c(c3)OCO4)cc2N1S(=O)(=O)c1cccc(C(F)(F)F)c1. The van der Waals surface area contributed by atoms with Crippen molar-refractivity contribution in [3.63, 3.8) is 0 Å². The summed E-state index contributed by atoms with van der Waals surface area (Å²) in [5.74, 6) is -0.117. The molecular weight excluding hydrogens is 487 g/mol. The van der Waals surface area contributed by atoms with Crippen LogP contribution in [0.5, 0.6) is 11.5 Å². The summed E-state index contributed by atoms with van der Waals surface area (Å²) < 4.78 is 78.6. The van der Waals surface area contributed by atoms with Gasteiger partial charge >= 0.3 is 12.1 Å². The molecule has 2 heterocycles. The summed E-state index contributed by atoms with van der Waals surface area (Å²) in [5.41, 5.74) is 1.03. The number of halogens is 3. The number of rotatable bonds is 5. The normalized spacial score (nSPS) is 16.9. The number of sulfonamides is 1. The molecule has 3 aromatic rings. The number of carboxylic acid groups (broad SMARTS) is 1. The molecule has 0 radical (unpaired) electrons. The van der Waals surface area contributed by atoms with E-state index in [4.69, 9.17) is 9.47 Å². The number of ether oxygens (including phenoxy) is 2. The van der Waals surface area contributed by atoms with Crippen molar-refractivity contribution < 1.29 is 41.0 Å². The summed E-state index contributed by atoms with van der Waals surface area (Å²) in [7, 11) is -4.51. The number of carbonyl (C=O) groups is 1. The number of alkyl halides is 3. The second-order valence-electron chi connectivity index (χ2n) is 8.19. The number of aliphatic carboxylic acids is 1. The molecule has 0 aromatic heterocycles. The Kier molecular flexibility index (Phi) is 5.39. The van der Waals surface area contributed by atoms with Crippen molar-refractivity contribution in [1.29, 1.82) is 0 Å². The molecule has 2 aliphatic heterocycles. The first-order valence-corrected chi connectivity index (χ1v) is 11.9. The summed E-state index contributed by atoms with van der Waals surface area (Å²) in [6, 6.07) is 12.7. The standard InChI is InChI=1S/C24H18F3NO6S/c25-24(26,27)17-2-1-3-19(11-17)35(31,32)28-18(12-23(29)30)8-16-5-4-14(9-20(16)28)15-6-7-21-22(10-15)34-13-33-21/h1-7,9-11,18H,8,12-13H2,(H,29,30). The first-order chi connectivity index (χ1) is 16.5. The number of carboxylic acids is 1. The van der Waals surface area contributed by atoms with Crippen molar-refractivity contribution in [2.75, 3.05) is 11.1 Å². The molecule has 5 rings (SSSR count). The van der Waals surface area contributed by atoms with Crippen molar-refractivity contribution in [1.82, 2.24) is 0 Å². The Bertz CT molecular complexity index is 1440. The fourth-order valence-electron chi connectivity index (χ4n) is 4.36. The van der Waals surface area contributed by atoms with Crippen molar-refractivity contribution in [2.45, 2.75) is 30.0 Å². The largest absolute Gasteiger partial charge is 0.481 e. The van der Waals surface area contributed by atoms with Gasteiger partial charge in [-0.15, -0.1) is 0 Å². The minimum atomic E-state index is -4.73. The van der Waals surface area contributed by atoms with Crippen LogP contribution < -0.4 is 13.8 Å². The van der Waals surface area contributed by atoms with Gasteiger partial charge in [-0.25, -0.2) is 8.42 Å². The van der Waals surface area contributed by atoms with E-state index in [1.165, 1.54) is 0 Å². The Hall–Kier alpha value is -3.73. The van der Waals surface area contributed by atoms with E-state index >= 15 is 0 Å². The number of hydrogen-bond acceptors (Lipinski definition) is 5. The lowest BCUT2D eigenvalue weighted by molar-refractivity contribution is -0.138. The van der Waals surface area contributed by atoms with E-state index in [1.807, 2.05) is 0 Å². The van der Waals surface area contributed by atoms with Gasteiger partial charge in [0.2, 0.25) is 6.79 Å². The molecule has 182 valence electrons. The van der Waals surface area contributed by atoms with Crippen LogP contribution in [0.1, 0.15) is 17.5 Å². The minimum absolute atomic E-state index is 0.0862. The maximum Gasteiger partial charge on any atom is 0.416 e. The average Bonchev–Trinajstić information content (AvgIpc) is 3.41. The van der Waals surface area contributed by atoms with Crippen LogP contribution in [0.4, 0.5) is 18.9 Å². The van der Waals surface area contributed by atoms with Crippen molar-refractivity contribution in [3.05, 3.63) is 71.8 Å². The lowest BCUT2D eigenvalue weighted by Gasteiger charge is -2.26. The second kappa shape index (κ2) is 8.19. The van der Waals surface area contributed by atoms with Crippen LogP contribution >= 0.6 is 0 Å². The molecule has 1 unspecified atom stereocenters. The summed E-state index contributed by atoms with van der Waals surface area (Å²) in [5, 5.41) is 9.38. The average molecular weight is 505 g/mol. The van der Waals surface area contributed by atoms with Crippen molar-refractivity contribution in [2.24, 2.45) is 0 Å². The topological polar surface area (TPSA) is 93.1 Å². The number of fused-ring (bicyclic) bond motifs is 2. The third kappa shape index (κ3) is 4.16. The van der Waals surface area contributed by atoms with Crippen molar-refractivity contribution in [3.8, 4) is 22.6 Å². The quantitative estimate of drug-likeness (QED) is 0.541. The predicted molar refractivity (Wildman–Crippen MR) is 119 cm³/mol. The molecule has 0 fully saturated rings. The van der Waals surface area contributed by atoms with Crippen LogP contribution in [0, 0.1) is 0 Å². The van der Waals surface area contributed by atoms with Gasteiger partial charge in [0.15, 0.2) is 11.5 Å². The summed E-state index contributed by atoms with van der Waals surface area (Å²) >= 11 is 0. The van der Waals surface area contributed by atoms with E-state index in [1.54, 1.807) is 36.4 Å². The first kappa shape index (κ1) is 23.0. The summed E-state index contributed by atoms with van der Waals surface area (Å²) in [6.07, 6.45) is -5.13. The van der Waals surface area contributed by atoms with Gasteiger partial charge in [0.05, 0.1) is 28.6 Å². The fraction of sp³-hybridized carbons (Fsp3) is 0.208. The highest BCUT2D eigenvalue weighted by Gasteiger charge is 2.41. The maximum absolute atomic E-state index is 13.6. The molecule has 0 aliphatic carbocycles. The van der Waals surface area contributed by atoms with Crippen LogP contribution in [0.3, 0.4) is 0 Å². The highest BCUT2D eigenvalue weighted by atomic mass is 32.2. The van der Waals surface area contributed by atoms with E-state index < -0.39 is 45.1 Å². The zero-order valence-electron chi connectivity index (χ0n) is 17.9. The molecule has 0 saturated heterocycles. The zero-order valence-corrected chi connectivity index (χ0v) is 18.8.